The molecule has 0 rings (SSSR count). The van der Waals surface area contributed by atoms with Crippen LogP contribution in [0.5, 0.6) is 0 Å². The number of hydrogen-bond acceptors (Lipinski definition) is 10. The third-order valence-electron chi connectivity index (χ3n) is 12.0. The van der Waals surface area contributed by atoms with Crippen LogP contribution in [0.25, 0.3) is 0 Å². The number of carbonyl (C=O) groups is 3. The fraction of sp³-hybridized carbons (Fsp3) is 0.621. The smallest absolute Gasteiger partial charge is 0.462 e. The molecule has 0 aromatic heterocycles. The van der Waals surface area contributed by atoms with Crippen LogP contribution in [0.4, 0.5) is 0 Å². The highest BCUT2D eigenvalue weighted by Crippen LogP contribution is 2.43. The molecule has 0 bridgehead atoms. The molecule has 0 aliphatic carbocycles. The van der Waals surface area contributed by atoms with Gasteiger partial charge in [-0.2, -0.15) is 0 Å². The Kier molecular flexibility index (Phi) is 55.5. The van der Waals surface area contributed by atoms with Gasteiger partial charge in [0.25, 0.3) is 0 Å². The normalized spacial score (nSPS) is 14.3. The van der Waals surface area contributed by atoms with Gasteiger partial charge in [0.15, 0.2) is 6.10 Å². The van der Waals surface area contributed by atoms with E-state index in [0.29, 0.717) is 19.3 Å². The number of allylic oxidation sites excluding steroid dienone is 22. The fourth-order valence-electron chi connectivity index (χ4n) is 7.53. The molecule has 0 aliphatic heterocycles. The molecule has 0 radical (unpaired) electrons. The quantitative estimate of drug-likeness (QED) is 0.0197. The van der Waals surface area contributed by atoms with Crippen LogP contribution >= 0.6 is 7.82 Å². The number of phosphoric acid groups is 1. The topological polar surface area (TPSA) is 155 Å². The minimum atomic E-state index is -4.78. The van der Waals surface area contributed by atoms with Crippen molar-refractivity contribution >= 4 is 25.7 Å². The Labute approximate surface area is 474 Å². The maximum absolute atomic E-state index is 12.9. The van der Waals surface area contributed by atoms with Crippen molar-refractivity contribution < 1.29 is 52.2 Å². The SMILES string of the molecule is CC/C=C\C/C=C\C/C=C\C/C=C\C/C=C\CCCCCC(=O)OC(COC(=O)CCCCCCC/C=C\C/C=C\CCC)COP(=O)(O)OCC(CO)OC(=O)CCCCCCCC/C=C\C/C=C\C/C=C\C/C=C\CC. The molecule has 0 heterocycles. The highest BCUT2D eigenvalue weighted by molar-refractivity contribution is 7.47. The van der Waals surface area contributed by atoms with E-state index >= 15 is 0 Å². The lowest BCUT2D eigenvalue weighted by atomic mass is 10.1. The zero-order valence-corrected chi connectivity index (χ0v) is 49.7. The molecule has 2 N–H and O–H groups in total. The van der Waals surface area contributed by atoms with Crippen molar-refractivity contribution in [3.05, 3.63) is 134 Å². The first-order valence-corrected chi connectivity index (χ1v) is 31.6. The molecule has 442 valence electrons. The van der Waals surface area contributed by atoms with E-state index < -0.39 is 57.8 Å². The third kappa shape index (κ3) is 56.3. The summed E-state index contributed by atoms with van der Waals surface area (Å²) in [5, 5.41) is 9.84. The summed E-state index contributed by atoms with van der Waals surface area (Å²) in [5.74, 6) is -1.55. The minimum Gasteiger partial charge on any atom is -0.462 e. The van der Waals surface area contributed by atoms with E-state index in [0.717, 1.165) is 167 Å². The number of esters is 3. The summed E-state index contributed by atoms with van der Waals surface area (Å²) in [5.41, 5.74) is 0. The van der Waals surface area contributed by atoms with Crippen LogP contribution in [-0.4, -0.2) is 66.5 Å². The van der Waals surface area contributed by atoms with E-state index in [9.17, 15) is 28.9 Å². The largest absolute Gasteiger partial charge is 0.472 e. The van der Waals surface area contributed by atoms with Gasteiger partial charge in [-0.3, -0.25) is 23.4 Å². The summed E-state index contributed by atoms with van der Waals surface area (Å²) in [7, 11) is -4.78. The van der Waals surface area contributed by atoms with Crippen LogP contribution in [0.3, 0.4) is 0 Å². The average Bonchev–Trinajstić information content (AvgIpc) is 3.43. The molecule has 0 saturated heterocycles. The van der Waals surface area contributed by atoms with Crippen molar-refractivity contribution in [1.82, 2.24) is 0 Å². The number of aliphatic hydroxyl groups excluding tert-OH is 1. The fourth-order valence-corrected chi connectivity index (χ4v) is 8.31. The van der Waals surface area contributed by atoms with E-state index in [1.165, 1.54) is 0 Å². The third-order valence-corrected chi connectivity index (χ3v) is 13.0. The van der Waals surface area contributed by atoms with E-state index in [1.807, 2.05) is 0 Å². The molecule has 0 amide bonds. The van der Waals surface area contributed by atoms with Gasteiger partial charge in [0.2, 0.25) is 0 Å². The lowest BCUT2D eigenvalue weighted by Crippen LogP contribution is -2.30. The summed E-state index contributed by atoms with van der Waals surface area (Å²) in [6, 6.07) is 0. The molecule has 0 aliphatic rings. The van der Waals surface area contributed by atoms with Gasteiger partial charge in [-0.1, -0.05) is 212 Å². The van der Waals surface area contributed by atoms with Crippen molar-refractivity contribution in [2.24, 2.45) is 0 Å². The monoisotopic (exact) mass is 1110 g/mol. The molecule has 11 nitrogen and oxygen atoms in total. The van der Waals surface area contributed by atoms with Gasteiger partial charge in [-0.05, 0) is 128 Å². The van der Waals surface area contributed by atoms with Crippen LogP contribution in [-0.2, 0) is 42.2 Å². The Balaban J connectivity index is 4.78. The molecule has 0 saturated carbocycles. The van der Waals surface area contributed by atoms with Crippen LogP contribution in [0.15, 0.2) is 134 Å². The maximum atomic E-state index is 12.9. The van der Waals surface area contributed by atoms with Crippen LogP contribution < -0.4 is 0 Å². The molecule has 0 spiro atoms. The predicted octanol–water partition coefficient (Wildman–Crippen LogP) is 18.1. The Bertz CT molecular complexity index is 1820. The molecule has 78 heavy (non-hydrogen) atoms. The molecule has 0 aromatic rings. The zero-order chi connectivity index (χ0) is 56.9. The van der Waals surface area contributed by atoms with Crippen LogP contribution in [0.1, 0.15) is 226 Å². The first-order valence-electron chi connectivity index (χ1n) is 30.1. The van der Waals surface area contributed by atoms with Gasteiger partial charge in [0.1, 0.15) is 12.7 Å². The van der Waals surface area contributed by atoms with Gasteiger partial charge in [-0.15, -0.1) is 0 Å². The lowest BCUT2D eigenvalue weighted by molar-refractivity contribution is -0.161. The maximum Gasteiger partial charge on any atom is 0.472 e. The van der Waals surface area contributed by atoms with Crippen molar-refractivity contribution in [1.29, 1.82) is 0 Å². The second-order valence-electron chi connectivity index (χ2n) is 19.4. The summed E-state index contributed by atoms with van der Waals surface area (Å²) in [4.78, 5) is 48.6. The molecule has 3 atom stereocenters. The van der Waals surface area contributed by atoms with Crippen LogP contribution in [0.2, 0.25) is 0 Å². The van der Waals surface area contributed by atoms with Crippen molar-refractivity contribution in [3.8, 4) is 0 Å². The lowest BCUT2D eigenvalue weighted by Gasteiger charge is -2.21. The Morgan fingerprint density at radius 1 is 0.372 bits per heavy atom. The summed E-state index contributed by atoms with van der Waals surface area (Å²) in [6.45, 7) is 4.27. The Morgan fingerprint density at radius 2 is 0.667 bits per heavy atom. The molecule has 0 aromatic carbocycles. The molecule has 0 fully saturated rings. The minimum absolute atomic E-state index is 0.117. The average molecular weight is 1110 g/mol. The second kappa shape index (κ2) is 58.8. The van der Waals surface area contributed by atoms with E-state index in [4.69, 9.17) is 23.3 Å². The first kappa shape index (κ1) is 73.6. The Hall–Kier alpha value is -4.38. The number of rotatable bonds is 54. The molecule has 12 heteroatoms. The molecular weight excluding hydrogens is 1000 g/mol. The summed E-state index contributed by atoms with van der Waals surface area (Å²) in [6.07, 6.45) is 74.0. The van der Waals surface area contributed by atoms with Gasteiger partial charge in [-0.25, -0.2) is 4.57 Å². The number of phosphoric ester groups is 1. The predicted molar refractivity (Wildman–Crippen MR) is 325 cm³/mol. The molecular formula is C66H107O11P. The van der Waals surface area contributed by atoms with Crippen molar-refractivity contribution in [3.63, 3.8) is 0 Å². The van der Waals surface area contributed by atoms with Gasteiger partial charge in [0.05, 0.1) is 19.8 Å². The summed E-state index contributed by atoms with van der Waals surface area (Å²) >= 11 is 0. The number of unbranched alkanes of at least 4 members (excludes halogenated alkanes) is 15. The first-order chi connectivity index (χ1) is 38.2. The summed E-state index contributed by atoms with van der Waals surface area (Å²) < 4.78 is 39.5. The van der Waals surface area contributed by atoms with E-state index in [2.05, 4.69) is 154 Å². The number of aliphatic hydroxyl groups is 1. The molecule has 3 unspecified atom stereocenters. The number of ether oxygens (including phenoxy) is 3. The van der Waals surface area contributed by atoms with Crippen LogP contribution in [0, 0.1) is 0 Å². The number of carbonyl (C=O) groups excluding carboxylic acids is 3. The Morgan fingerprint density at radius 3 is 1.04 bits per heavy atom. The highest BCUT2D eigenvalue weighted by atomic mass is 31.2. The van der Waals surface area contributed by atoms with Crippen molar-refractivity contribution in [2.45, 2.75) is 238 Å². The second-order valence-corrected chi connectivity index (χ2v) is 20.8. The number of hydrogen-bond donors (Lipinski definition) is 2. The van der Waals surface area contributed by atoms with Crippen molar-refractivity contribution in [2.75, 3.05) is 26.4 Å². The zero-order valence-electron chi connectivity index (χ0n) is 48.8. The van der Waals surface area contributed by atoms with E-state index in [-0.39, 0.29) is 25.9 Å². The highest BCUT2D eigenvalue weighted by Gasteiger charge is 2.28. The van der Waals surface area contributed by atoms with Gasteiger partial charge < -0.3 is 24.2 Å². The van der Waals surface area contributed by atoms with Gasteiger partial charge >= 0.3 is 25.7 Å². The standard InChI is InChI=1S/C66H107O11P/c1-4-7-10-13-16-19-22-25-27-29-31-33-35-38-41-44-47-50-53-56-65(69)76-62(58-67)60-74-78(71,72)75-61-63(59-73-64(68)55-52-49-46-43-40-37-24-21-18-15-12-9-6-3)77-66(70)57-54-51-48-45-42-39-36-34-32-30-28-26-23-20-17-14-11-8-5-2/h7-8,10-12,15-17,19-21,24-28,31-34,39,42,62-63,67H,4-6,9,13-14,18,22-23,29-30,35-38,40-41,43-61H2,1-3H3,(H,71,72)/b10-7-,11-8-,15-12-,19-16-,20-17-,24-21-,27-25-,28-26-,33-31-,34-32-,42-39-. The van der Waals surface area contributed by atoms with E-state index in [1.54, 1.807) is 0 Å². The van der Waals surface area contributed by atoms with Gasteiger partial charge in [0, 0.05) is 19.3 Å².